The van der Waals surface area contributed by atoms with Crippen LogP contribution in [0.15, 0.2) is 34.9 Å². The van der Waals surface area contributed by atoms with Gasteiger partial charge in [-0.2, -0.15) is 0 Å². The Morgan fingerprint density at radius 3 is 2.41 bits per heavy atom. The summed E-state index contributed by atoms with van der Waals surface area (Å²) in [5.74, 6) is -1.71. The van der Waals surface area contributed by atoms with Crippen LogP contribution in [0.1, 0.15) is 48.4 Å². The summed E-state index contributed by atoms with van der Waals surface area (Å²) in [6.45, 7) is 3.62. The molecular weight excluding hydrogens is 354 g/mol. The second kappa shape index (κ2) is 6.16. The van der Waals surface area contributed by atoms with Crippen LogP contribution in [0.2, 0.25) is 0 Å². The number of benzene rings is 1. The van der Waals surface area contributed by atoms with Crippen molar-refractivity contribution in [3.8, 4) is 0 Å². The molecule has 0 bridgehead atoms. The number of aromatic nitrogens is 4. The van der Waals surface area contributed by atoms with Crippen molar-refractivity contribution in [3.05, 3.63) is 64.3 Å². The molecule has 0 saturated carbocycles. The number of nitrogens with zero attached hydrogens (tertiary/aromatic N) is 5. The molecule has 2 aromatic heterocycles. The van der Waals surface area contributed by atoms with Crippen molar-refractivity contribution in [1.29, 1.82) is 0 Å². The van der Waals surface area contributed by atoms with Crippen LogP contribution in [0.25, 0.3) is 0 Å². The Hall–Kier alpha value is -3.82. The van der Waals surface area contributed by atoms with Crippen molar-refractivity contribution >= 4 is 17.8 Å². The Morgan fingerprint density at radius 1 is 1.15 bits per heavy atom. The van der Waals surface area contributed by atoms with Gasteiger partial charge in [-0.05, 0) is 26.0 Å². The average Bonchev–Trinajstić information content (AvgIpc) is 3.30. The Kier molecular flexibility index (Phi) is 3.80. The molecule has 0 atom stereocenters. The van der Waals surface area contributed by atoms with Crippen LogP contribution in [0.3, 0.4) is 0 Å². The molecule has 136 valence electrons. The van der Waals surface area contributed by atoms with Crippen molar-refractivity contribution in [2.75, 3.05) is 0 Å². The van der Waals surface area contributed by atoms with Gasteiger partial charge >= 0.3 is 5.97 Å². The predicted molar refractivity (Wildman–Crippen MR) is 87.5 cm³/mol. The second-order valence-corrected chi connectivity index (χ2v) is 5.94. The number of amides is 2. The van der Waals surface area contributed by atoms with Gasteiger partial charge in [0.15, 0.2) is 5.69 Å². The molecule has 1 aliphatic heterocycles. The summed E-state index contributed by atoms with van der Waals surface area (Å²) in [4.78, 5) is 42.0. The third-order valence-electron chi connectivity index (χ3n) is 4.10. The lowest BCUT2D eigenvalue weighted by Gasteiger charge is -2.11. The number of carbonyl (C=O) groups is 3. The maximum atomic E-state index is 12.4. The monoisotopic (exact) mass is 367 g/mol. The van der Waals surface area contributed by atoms with Gasteiger partial charge in [0, 0.05) is 6.07 Å². The van der Waals surface area contributed by atoms with Crippen molar-refractivity contribution < 1.29 is 23.7 Å². The third-order valence-corrected chi connectivity index (χ3v) is 4.10. The Balaban J connectivity index is 1.53. The molecule has 0 N–H and O–H groups in total. The van der Waals surface area contributed by atoms with Gasteiger partial charge in [-0.15, -0.1) is 5.10 Å². The Bertz CT molecular complexity index is 1050. The molecule has 1 aromatic carbocycles. The molecule has 1 aliphatic rings. The molecule has 0 aliphatic carbocycles. The summed E-state index contributed by atoms with van der Waals surface area (Å²) in [7, 11) is 0. The van der Waals surface area contributed by atoms with Crippen LogP contribution in [0.4, 0.5) is 0 Å². The number of aryl methyl sites for hydroxylation is 1. The van der Waals surface area contributed by atoms with E-state index in [0.29, 0.717) is 22.2 Å². The number of hydrogen-bond acceptors (Lipinski definition) is 8. The summed E-state index contributed by atoms with van der Waals surface area (Å²) >= 11 is 0. The molecule has 4 rings (SSSR count). The molecule has 2 amide bonds. The standard InChI is InChI=1S/C17H13N5O5/c1-9-7-11(19-26-9)8-21-10(2)14(18-20-21)17(25)27-22-15(23)12-5-3-4-6-13(12)16(22)24/h3-7H,8H2,1-2H3. The van der Waals surface area contributed by atoms with Gasteiger partial charge in [-0.3, -0.25) is 9.59 Å². The van der Waals surface area contributed by atoms with Crippen molar-refractivity contribution in [2.24, 2.45) is 0 Å². The van der Waals surface area contributed by atoms with E-state index in [4.69, 9.17) is 9.36 Å². The number of fused-ring (bicyclic) bond motifs is 1. The lowest BCUT2D eigenvalue weighted by Crippen LogP contribution is -2.33. The van der Waals surface area contributed by atoms with Crippen molar-refractivity contribution in [3.63, 3.8) is 0 Å². The molecule has 10 nitrogen and oxygen atoms in total. The zero-order valence-electron chi connectivity index (χ0n) is 14.4. The van der Waals surface area contributed by atoms with Crippen molar-refractivity contribution in [1.82, 2.24) is 25.2 Å². The van der Waals surface area contributed by atoms with Gasteiger partial charge in [-0.25, -0.2) is 9.48 Å². The van der Waals surface area contributed by atoms with Crippen molar-refractivity contribution in [2.45, 2.75) is 20.4 Å². The number of hydrogen-bond donors (Lipinski definition) is 0. The molecule has 10 heteroatoms. The molecule has 3 heterocycles. The highest BCUT2D eigenvalue weighted by atomic mass is 16.7. The topological polar surface area (TPSA) is 120 Å². The van der Waals surface area contributed by atoms with E-state index < -0.39 is 17.8 Å². The molecule has 0 radical (unpaired) electrons. The molecule has 0 spiro atoms. The minimum Gasteiger partial charge on any atom is -0.361 e. The molecular formula is C17H13N5O5. The fourth-order valence-corrected chi connectivity index (χ4v) is 2.72. The Labute approximate surface area is 152 Å². The first-order chi connectivity index (χ1) is 13.0. The van der Waals surface area contributed by atoms with Gasteiger partial charge in [0.1, 0.15) is 11.5 Å². The van der Waals surface area contributed by atoms with E-state index in [1.165, 1.54) is 16.8 Å². The SMILES string of the molecule is Cc1cc(Cn2nnc(C(=O)ON3C(=O)c4ccccc4C3=O)c2C)no1. The maximum absolute atomic E-state index is 12.4. The molecule has 0 saturated heterocycles. The first-order valence-electron chi connectivity index (χ1n) is 7.98. The normalized spacial score (nSPS) is 13.2. The summed E-state index contributed by atoms with van der Waals surface area (Å²) in [6, 6.07) is 7.96. The number of hydroxylamine groups is 2. The molecule has 0 unspecified atom stereocenters. The van der Waals surface area contributed by atoms with Crippen LogP contribution in [0, 0.1) is 13.8 Å². The first kappa shape index (κ1) is 16.6. The second-order valence-electron chi connectivity index (χ2n) is 5.94. The minimum atomic E-state index is -0.954. The molecule has 0 fully saturated rings. The largest absolute Gasteiger partial charge is 0.385 e. The van der Waals surface area contributed by atoms with Crippen LogP contribution in [-0.4, -0.2) is 43.0 Å². The highest BCUT2D eigenvalue weighted by Crippen LogP contribution is 2.23. The van der Waals surface area contributed by atoms with E-state index in [9.17, 15) is 14.4 Å². The minimum absolute atomic E-state index is 0.105. The van der Waals surface area contributed by atoms with E-state index in [1.54, 1.807) is 32.0 Å². The quantitative estimate of drug-likeness (QED) is 0.633. The smallest absolute Gasteiger partial charge is 0.361 e. The summed E-state index contributed by atoms with van der Waals surface area (Å²) < 4.78 is 6.43. The van der Waals surface area contributed by atoms with Crippen LogP contribution in [0.5, 0.6) is 0 Å². The van der Waals surface area contributed by atoms with Gasteiger partial charge in [-0.1, -0.05) is 27.6 Å². The highest BCUT2D eigenvalue weighted by molar-refractivity contribution is 6.21. The average molecular weight is 367 g/mol. The van der Waals surface area contributed by atoms with E-state index in [2.05, 4.69) is 15.5 Å². The van der Waals surface area contributed by atoms with Gasteiger partial charge in [0.05, 0.1) is 23.4 Å². The van der Waals surface area contributed by atoms with Gasteiger partial charge in [0.25, 0.3) is 11.8 Å². The first-order valence-corrected chi connectivity index (χ1v) is 7.98. The van der Waals surface area contributed by atoms with E-state index in [-0.39, 0.29) is 23.4 Å². The third kappa shape index (κ3) is 2.76. The molecule has 3 aromatic rings. The van der Waals surface area contributed by atoms with Gasteiger partial charge in [0.2, 0.25) is 0 Å². The number of imide groups is 1. The fourth-order valence-electron chi connectivity index (χ4n) is 2.72. The lowest BCUT2D eigenvalue weighted by molar-refractivity contribution is -0.0589. The van der Waals surface area contributed by atoms with Crippen LogP contribution < -0.4 is 0 Å². The Morgan fingerprint density at radius 2 is 1.81 bits per heavy atom. The van der Waals surface area contributed by atoms with E-state index in [1.807, 2.05) is 0 Å². The summed E-state index contributed by atoms with van der Waals surface area (Å²) in [5.41, 5.74) is 1.26. The number of rotatable bonds is 4. The summed E-state index contributed by atoms with van der Waals surface area (Å²) in [6.07, 6.45) is 0. The maximum Gasteiger partial charge on any atom is 0.385 e. The zero-order valence-corrected chi connectivity index (χ0v) is 14.4. The van der Waals surface area contributed by atoms with Crippen LogP contribution >= 0.6 is 0 Å². The number of carbonyl (C=O) groups excluding carboxylic acids is 3. The highest BCUT2D eigenvalue weighted by Gasteiger charge is 2.39. The van der Waals surface area contributed by atoms with Crippen LogP contribution in [-0.2, 0) is 11.4 Å². The molecule has 27 heavy (non-hydrogen) atoms. The fraction of sp³-hybridized carbons (Fsp3) is 0.176. The van der Waals surface area contributed by atoms with E-state index >= 15 is 0 Å². The predicted octanol–water partition coefficient (Wildman–Crippen LogP) is 1.30. The summed E-state index contributed by atoms with van der Waals surface area (Å²) in [5, 5.41) is 12.0. The van der Waals surface area contributed by atoms with E-state index in [0.717, 1.165) is 0 Å². The zero-order chi connectivity index (χ0) is 19.1. The van der Waals surface area contributed by atoms with Gasteiger partial charge < -0.3 is 9.36 Å². The lowest BCUT2D eigenvalue weighted by atomic mass is 10.1.